The molecule has 0 saturated heterocycles. The molecule has 1 amide bonds. The van der Waals surface area contributed by atoms with E-state index in [9.17, 15) is 9.90 Å². The number of hydrogen-bond acceptors (Lipinski definition) is 4. The SMILES string of the molecule is COc1cc(C)ccc1C(=O)N/N=C\c1ccc(O)c(Br)c1. The Morgan fingerprint density at radius 2 is 2.09 bits per heavy atom. The molecule has 0 aliphatic carbocycles. The maximum absolute atomic E-state index is 12.1. The van der Waals surface area contributed by atoms with Gasteiger partial charge in [0.25, 0.3) is 5.91 Å². The van der Waals surface area contributed by atoms with E-state index in [0.29, 0.717) is 15.8 Å². The van der Waals surface area contributed by atoms with Gasteiger partial charge in [0.05, 0.1) is 23.4 Å². The van der Waals surface area contributed by atoms with Gasteiger partial charge in [0.15, 0.2) is 0 Å². The number of phenols is 1. The molecule has 0 heterocycles. The van der Waals surface area contributed by atoms with Crippen LogP contribution in [0.2, 0.25) is 0 Å². The normalized spacial score (nSPS) is 10.7. The number of aromatic hydroxyl groups is 1. The number of methoxy groups -OCH3 is 1. The maximum atomic E-state index is 12.1. The zero-order valence-electron chi connectivity index (χ0n) is 12.1. The monoisotopic (exact) mass is 362 g/mol. The lowest BCUT2D eigenvalue weighted by Crippen LogP contribution is -2.18. The molecule has 0 bridgehead atoms. The molecule has 0 saturated carbocycles. The highest BCUT2D eigenvalue weighted by Gasteiger charge is 2.11. The summed E-state index contributed by atoms with van der Waals surface area (Å²) in [6.07, 6.45) is 1.49. The number of nitrogens with one attached hydrogen (secondary N) is 1. The summed E-state index contributed by atoms with van der Waals surface area (Å²) in [6, 6.07) is 10.2. The number of carbonyl (C=O) groups excluding carboxylic acids is 1. The molecule has 0 radical (unpaired) electrons. The Bertz CT molecular complexity index is 729. The molecule has 0 unspecified atom stereocenters. The molecule has 5 nitrogen and oxygen atoms in total. The third kappa shape index (κ3) is 3.85. The van der Waals surface area contributed by atoms with Crippen LogP contribution in [0, 0.1) is 6.92 Å². The van der Waals surface area contributed by atoms with Crippen LogP contribution in [-0.2, 0) is 0 Å². The van der Waals surface area contributed by atoms with Gasteiger partial charge in [-0.05, 0) is 64.3 Å². The molecule has 2 aromatic rings. The average Bonchev–Trinajstić information content (AvgIpc) is 2.50. The minimum atomic E-state index is -0.356. The minimum Gasteiger partial charge on any atom is -0.507 e. The summed E-state index contributed by atoms with van der Waals surface area (Å²) >= 11 is 3.21. The third-order valence-electron chi connectivity index (χ3n) is 2.95. The summed E-state index contributed by atoms with van der Waals surface area (Å²) in [5.41, 5.74) is 4.60. The fourth-order valence-electron chi connectivity index (χ4n) is 1.82. The van der Waals surface area contributed by atoms with Crippen molar-refractivity contribution in [3.05, 3.63) is 57.6 Å². The van der Waals surface area contributed by atoms with E-state index in [1.165, 1.54) is 19.4 Å². The summed E-state index contributed by atoms with van der Waals surface area (Å²) < 4.78 is 5.75. The Morgan fingerprint density at radius 1 is 1.32 bits per heavy atom. The second-order valence-electron chi connectivity index (χ2n) is 4.61. The van der Waals surface area contributed by atoms with Crippen LogP contribution >= 0.6 is 15.9 Å². The Morgan fingerprint density at radius 3 is 2.77 bits per heavy atom. The number of carbonyl (C=O) groups is 1. The van der Waals surface area contributed by atoms with Crippen LogP contribution in [0.3, 0.4) is 0 Å². The molecule has 0 aromatic heterocycles. The number of nitrogens with zero attached hydrogens (tertiary/aromatic N) is 1. The van der Waals surface area contributed by atoms with Gasteiger partial charge in [-0.3, -0.25) is 4.79 Å². The van der Waals surface area contributed by atoms with Gasteiger partial charge in [0, 0.05) is 0 Å². The van der Waals surface area contributed by atoms with Crippen molar-refractivity contribution in [2.75, 3.05) is 7.11 Å². The lowest BCUT2D eigenvalue weighted by atomic mass is 10.1. The lowest BCUT2D eigenvalue weighted by Gasteiger charge is -2.07. The summed E-state index contributed by atoms with van der Waals surface area (Å²) in [5, 5.41) is 13.3. The highest BCUT2D eigenvalue weighted by molar-refractivity contribution is 9.10. The van der Waals surface area contributed by atoms with Gasteiger partial charge >= 0.3 is 0 Å². The van der Waals surface area contributed by atoms with Gasteiger partial charge in [-0.25, -0.2) is 5.43 Å². The topological polar surface area (TPSA) is 70.9 Å². The number of ether oxygens (including phenoxy) is 1. The van der Waals surface area contributed by atoms with Crippen molar-refractivity contribution in [1.29, 1.82) is 0 Å². The van der Waals surface area contributed by atoms with Crippen LogP contribution in [0.1, 0.15) is 21.5 Å². The van der Waals surface area contributed by atoms with Crippen LogP contribution in [-0.4, -0.2) is 24.3 Å². The summed E-state index contributed by atoms with van der Waals surface area (Å²) in [5.74, 6) is 0.289. The first-order valence-corrected chi connectivity index (χ1v) is 7.27. The molecule has 0 aliphatic heterocycles. The van der Waals surface area contributed by atoms with Crippen molar-refractivity contribution in [2.45, 2.75) is 6.92 Å². The second kappa shape index (κ2) is 7.09. The van der Waals surface area contributed by atoms with Crippen LogP contribution in [0.5, 0.6) is 11.5 Å². The van der Waals surface area contributed by atoms with E-state index in [4.69, 9.17) is 4.74 Å². The van der Waals surface area contributed by atoms with Crippen molar-refractivity contribution in [3.8, 4) is 11.5 Å². The molecule has 0 fully saturated rings. The average molecular weight is 363 g/mol. The standard InChI is InChI=1S/C16H15BrN2O3/c1-10-3-5-12(15(7-10)22-2)16(21)19-18-9-11-4-6-14(20)13(17)8-11/h3-9,20H,1-2H3,(H,19,21)/b18-9-. The molecule has 0 spiro atoms. The molecule has 6 heteroatoms. The van der Waals surface area contributed by atoms with E-state index in [1.54, 1.807) is 24.3 Å². The van der Waals surface area contributed by atoms with Crippen LogP contribution < -0.4 is 10.2 Å². The van der Waals surface area contributed by atoms with Gasteiger partial charge in [-0.15, -0.1) is 0 Å². The molecule has 2 aromatic carbocycles. The van der Waals surface area contributed by atoms with Gasteiger partial charge in [-0.1, -0.05) is 6.07 Å². The van der Waals surface area contributed by atoms with Gasteiger partial charge in [0.1, 0.15) is 11.5 Å². The molecule has 22 heavy (non-hydrogen) atoms. The molecule has 114 valence electrons. The minimum absolute atomic E-state index is 0.144. The van der Waals surface area contributed by atoms with Gasteiger partial charge < -0.3 is 9.84 Å². The van der Waals surface area contributed by atoms with Crippen molar-refractivity contribution >= 4 is 28.1 Å². The molecule has 2 N–H and O–H groups in total. The first-order valence-electron chi connectivity index (χ1n) is 6.48. The second-order valence-corrected chi connectivity index (χ2v) is 5.47. The lowest BCUT2D eigenvalue weighted by molar-refractivity contribution is 0.0952. The van der Waals surface area contributed by atoms with Crippen molar-refractivity contribution in [2.24, 2.45) is 5.10 Å². The highest BCUT2D eigenvalue weighted by atomic mass is 79.9. The van der Waals surface area contributed by atoms with Crippen LogP contribution in [0.4, 0.5) is 0 Å². The molecular formula is C16H15BrN2O3. The quantitative estimate of drug-likeness (QED) is 0.647. The number of hydrazone groups is 1. The Hall–Kier alpha value is -2.34. The van der Waals surface area contributed by atoms with E-state index in [-0.39, 0.29) is 11.7 Å². The number of halogens is 1. The van der Waals surface area contributed by atoms with Crippen molar-refractivity contribution in [3.63, 3.8) is 0 Å². The number of phenolic OH excluding ortho intramolecular Hbond substituents is 1. The fourth-order valence-corrected chi connectivity index (χ4v) is 2.21. The Kier molecular flexibility index (Phi) is 5.16. The van der Waals surface area contributed by atoms with E-state index in [1.807, 2.05) is 13.0 Å². The third-order valence-corrected chi connectivity index (χ3v) is 3.59. The number of hydrogen-bond donors (Lipinski definition) is 2. The Labute approximate surface area is 136 Å². The number of rotatable bonds is 4. The number of amides is 1. The van der Waals surface area contributed by atoms with Crippen LogP contribution in [0.15, 0.2) is 46.0 Å². The molecule has 0 aliphatic rings. The van der Waals surface area contributed by atoms with E-state index >= 15 is 0 Å². The largest absolute Gasteiger partial charge is 0.507 e. The fraction of sp³-hybridized carbons (Fsp3) is 0.125. The molecule has 2 rings (SSSR count). The predicted octanol–water partition coefficient (Wildman–Crippen LogP) is 3.24. The zero-order valence-corrected chi connectivity index (χ0v) is 13.7. The smallest absolute Gasteiger partial charge is 0.275 e. The summed E-state index contributed by atoms with van der Waals surface area (Å²) in [4.78, 5) is 12.1. The first kappa shape index (κ1) is 16.0. The number of benzene rings is 2. The van der Waals surface area contributed by atoms with Gasteiger partial charge in [-0.2, -0.15) is 5.10 Å². The summed E-state index contributed by atoms with van der Waals surface area (Å²) in [7, 11) is 1.52. The van der Waals surface area contributed by atoms with Crippen molar-refractivity contribution in [1.82, 2.24) is 5.43 Å². The highest BCUT2D eigenvalue weighted by Crippen LogP contribution is 2.23. The van der Waals surface area contributed by atoms with E-state index in [2.05, 4.69) is 26.5 Å². The molecule has 0 atom stereocenters. The summed E-state index contributed by atoms with van der Waals surface area (Å²) in [6.45, 7) is 1.92. The Balaban J connectivity index is 2.09. The van der Waals surface area contributed by atoms with Crippen LogP contribution in [0.25, 0.3) is 0 Å². The maximum Gasteiger partial charge on any atom is 0.275 e. The molecular weight excluding hydrogens is 348 g/mol. The van der Waals surface area contributed by atoms with E-state index < -0.39 is 0 Å². The first-order chi connectivity index (χ1) is 10.5. The van der Waals surface area contributed by atoms with Gasteiger partial charge in [0.2, 0.25) is 0 Å². The zero-order chi connectivity index (χ0) is 16.1. The van der Waals surface area contributed by atoms with E-state index in [0.717, 1.165) is 11.1 Å². The predicted molar refractivity (Wildman–Crippen MR) is 88.6 cm³/mol. The number of aryl methyl sites for hydroxylation is 1. The van der Waals surface area contributed by atoms with Crippen molar-refractivity contribution < 1.29 is 14.6 Å².